The van der Waals surface area contributed by atoms with Crippen molar-refractivity contribution in [3.63, 3.8) is 0 Å². The fourth-order valence-corrected chi connectivity index (χ4v) is 0. The van der Waals surface area contributed by atoms with E-state index in [4.69, 9.17) is 10.2 Å². The van der Waals surface area contributed by atoms with Gasteiger partial charge in [0.1, 0.15) is 0 Å². The van der Waals surface area contributed by atoms with Crippen LogP contribution in [-0.2, 0) is 0 Å². The Labute approximate surface area is 54.4 Å². The van der Waals surface area contributed by atoms with Gasteiger partial charge in [-0.3, -0.25) is 0 Å². The predicted molar refractivity (Wildman–Crippen MR) is 10.6 cm³/mol. The van der Waals surface area contributed by atoms with E-state index in [1.165, 1.54) is 0 Å². The average molecular weight is 86.1 g/mol. The van der Waals surface area contributed by atoms with Crippen LogP contribution in [0.4, 0.5) is 0 Å². The molecule has 0 N–H and O–H groups in total. The zero-order valence-corrected chi connectivity index (χ0v) is 4.44. The molecule has 0 atom stereocenters. The molecular weight excluding hydrogens is 84.1 g/mol. The van der Waals surface area contributed by atoms with Gasteiger partial charge in [0, 0.05) is 0 Å². The number of hydrogen-bond donors (Lipinski definition) is 0. The van der Waals surface area contributed by atoms with Gasteiger partial charge in [0.05, 0.1) is 0 Å². The molecule has 4 heavy (non-hydrogen) atoms. The van der Waals surface area contributed by atoms with Gasteiger partial charge in [0.15, 0.2) is 0 Å². The number of hydrogen-bond acceptors (Lipinski definition) is 2. The molecule has 0 aliphatic carbocycles. The molecule has 0 aliphatic rings. The SMILES string of the molecule is [Ca+2].[O-]C[O-]. The van der Waals surface area contributed by atoms with Crippen LogP contribution in [0.2, 0.25) is 0 Å². The molecule has 0 aliphatic heterocycles. The summed E-state index contributed by atoms with van der Waals surface area (Å²) < 4.78 is 0. The molecule has 0 aromatic carbocycles. The first-order chi connectivity index (χ1) is 1.41. The van der Waals surface area contributed by atoms with Gasteiger partial charge in [-0.15, -0.1) is 0 Å². The maximum Gasteiger partial charge on any atom is 2.00 e. The molecule has 0 aromatic heterocycles. The van der Waals surface area contributed by atoms with Gasteiger partial charge in [-0.2, -0.15) is 0 Å². The Morgan fingerprint density at radius 2 is 1.25 bits per heavy atom. The third-order valence-electron chi connectivity index (χ3n) is 0. The molecule has 0 bridgehead atoms. The van der Waals surface area contributed by atoms with Gasteiger partial charge in [-0.1, -0.05) is 0 Å². The molecule has 0 aromatic rings. The third kappa shape index (κ3) is 10.9. The molecule has 0 saturated carbocycles. The van der Waals surface area contributed by atoms with Crippen LogP contribution in [0, 0.1) is 0 Å². The van der Waals surface area contributed by atoms with Crippen LogP contribution < -0.4 is 10.2 Å². The Bertz CT molecular complexity index is 6.00. The Kier molecular flexibility index (Phi) is 19.9. The van der Waals surface area contributed by atoms with E-state index in [1.54, 1.807) is 0 Å². The summed E-state index contributed by atoms with van der Waals surface area (Å²) in [5, 5.41) is 16.8. The summed E-state index contributed by atoms with van der Waals surface area (Å²) in [5.41, 5.74) is 0. The minimum atomic E-state index is -1.25. The summed E-state index contributed by atoms with van der Waals surface area (Å²) in [6.45, 7) is -1.25. The standard InChI is InChI=1S/CH2O2.Ca/c2-1-3;/h1H2;/q-2;+2. The smallest absolute Gasteiger partial charge is 0.868 e. The van der Waals surface area contributed by atoms with E-state index in [0.29, 0.717) is 0 Å². The van der Waals surface area contributed by atoms with E-state index in [1.807, 2.05) is 0 Å². The van der Waals surface area contributed by atoms with E-state index in [-0.39, 0.29) is 37.7 Å². The van der Waals surface area contributed by atoms with Crippen molar-refractivity contribution in [3.8, 4) is 0 Å². The van der Waals surface area contributed by atoms with Crippen molar-refractivity contribution in [1.82, 2.24) is 0 Å². The van der Waals surface area contributed by atoms with Crippen LogP contribution in [-0.4, -0.2) is 44.5 Å². The maximum absolute atomic E-state index is 8.38. The minimum absolute atomic E-state index is 0. The predicted octanol–water partition coefficient (Wildman–Crippen LogP) is -2.72. The van der Waals surface area contributed by atoms with Crippen LogP contribution in [0.15, 0.2) is 0 Å². The average Bonchev–Trinajstić information content (AvgIpc) is 0.918. The van der Waals surface area contributed by atoms with E-state index < -0.39 is 6.79 Å². The molecule has 0 spiro atoms. The summed E-state index contributed by atoms with van der Waals surface area (Å²) in [5.74, 6) is 0. The van der Waals surface area contributed by atoms with Crippen LogP contribution in [0.25, 0.3) is 0 Å². The van der Waals surface area contributed by atoms with Crippen molar-refractivity contribution in [3.05, 3.63) is 0 Å². The molecule has 0 rings (SSSR count). The quantitative estimate of drug-likeness (QED) is 0.237. The van der Waals surface area contributed by atoms with Gasteiger partial charge in [0.2, 0.25) is 0 Å². The second kappa shape index (κ2) is 8.89. The van der Waals surface area contributed by atoms with Crippen LogP contribution >= 0.6 is 0 Å². The molecule has 0 saturated heterocycles. The second-order valence-electron chi connectivity index (χ2n) is 0.118. The van der Waals surface area contributed by atoms with E-state index in [2.05, 4.69) is 0 Å². The van der Waals surface area contributed by atoms with Crippen molar-refractivity contribution < 1.29 is 10.2 Å². The summed E-state index contributed by atoms with van der Waals surface area (Å²) in [7, 11) is 0. The minimum Gasteiger partial charge on any atom is -0.868 e. The molecule has 0 fully saturated rings. The zero-order chi connectivity index (χ0) is 2.71. The van der Waals surface area contributed by atoms with Crippen molar-refractivity contribution in [2.24, 2.45) is 0 Å². The van der Waals surface area contributed by atoms with E-state index in [0.717, 1.165) is 0 Å². The topological polar surface area (TPSA) is 46.1 Å². The summed E-state index contributed by atoms with van der Waals surface area (Å²) in [6.07, 6.45) is 0. The molecule has 0 heterocycles. The molecule has 3 heteroatoms. The van der Waals surface area contributed by atoms with Crippen molar-refractivity contribution >= 4 is 37.7 Å². The van der Waals surface area contributed by atoms with Crippen molar-refractivity contribution in [2.75, 3.05) is 6.79 Å². The molecule has 0 unspecified atom stereocenters. The van der Waals surface area contributed by atoms with Crippen LogP contribution in [0.1, 0.15) is 0 Å². The fraction of sp³-hybridized carbons (Fsp3) is 1.00. The second-order valence-corrected chi connectivity index (χ2v) is 0.118. The normalized spacial score (nSPS) is 4.50. The van der Waals surface area contributed by atoms with Gasteiger partial charge in [0.25, 0.3) is 0 Å². The molecule has 20 valence electrons. The zero-order valence-electron chi connectivity index (χ0n) is 2.23. The van der Waals surface area contributed by atoms with Gasteiger partial charge >= 0.3 is 37.7 Å². The first-order valence-electron chi connectivity index (χ1n) is 0.577. The molecule has 2 nitrogen and oxygen atoms in total. The first-order valence-corrected chi connectivity index (χ1v) is 0.577. The first kappa shape index (κ1) is 8.95. The van der Waals surface area contributed by atoms with Gasteiger partial charge in [-0.25, -0.2) is 6.79 Å². The van der Waals surface area contributed by atoms with E-state index in [9.17, 15) is 0 Å². The summed E-state index contributed by atoms with van der Waals surface area (Å²) in [4.78, 5) is 0. The Morgan fingerprint density at radius 3 is 1.25 bits per heavy atom. The Hall–Kier alpha value is 1.18. The Balaban J connectivity index is 0. The van der Waals surface area contributed by atoms with Gasteiger partial charge < -0.3 is 10.2 Å². The van der Waals surface area contributed by atoms with Crippen LogP contribution in [0.3, 0.4) is 0 Å². The Morgan fingerprint density at radius 1 is 1.25 bits per heavy atom. The van der Waals surface area contributed by atoms with Crippen molar-refractivity contribution in [2.45, 2.75) is 0 Å². The van der Waals surface area contributed by atoms with Crippen molar-refractivity contribution in [1.29, 1.82) is 0 Å². The van der Waals surface area contributed by atoms with Crippen LogP contribution in [0.5, 0.6) is 0 Å². The molecule has 0 radical (unpaired) electrons. The molecular formula is CH2CaO2. The van der Waals surface area contributed by atoms with E-state index >= 15 is 0 Å². The summed E-state index contributed by atoms with van der Waals surface area (Å²) in [6, 6.07) is 0. The fourth-order valence-electron chi connectivity index (χ4n) is 0. The summed E-state index contributed by atoms with van der Waals surface area (Å²) >= 11 is 0. The molecule has 0 amide bonds. The maximum atomic E-state index is 8.38. The largest absolute Gasteiger partial charge is 2.00 e. The van der Waals surface area contributed by atoms with Gasteiger partial charge in [-0.05, 0) is 0 Å². The number of rotatable bonds is 0. The monoisotopic (exact) mass is 86.0 g/mol. The third-order valence-corrected chi connectivity index (χ3v) is 0.